The third kappa shape index (κ3) is 4.29. The second kappa shape index (κ2) is 9.02. The lowest BCUT2D eigenvalue weighted by Crippen LogP contribution is -2.30. The Hall–Kier alpha value is -1.64. The van der Waals surface area contributed by atoms with Gasteiger partial charge in [0.25, 0.3) is 0 Å². The van der Waals surface area contributed by atoms with Gasteiger partial charge in [-0.1, -0.05) is 51.2 Å². The first-order valence-corrected chi connectivity index (χ1v) is 11.6. The molecule has 2 unspecified atom stereocenters. The predicted octanol–water partition coefficient (Wildman–Crippen LogP) is 8.01. The van der Waals surface area contributed by atoms with Crippen LogP contribution in [0.1, 0.15) is 82.6 Å². The number of fused-ring (bicyclic) bond motifs is 2. The van der Waals surface area contributed by atoms with Gasteiger partial charge in [0.2, 0.25) is 5.82 Å². The summed E-state index contributed by atoms with van der Waals surface area (Å²) in [6, 6.07) is 7.51. The zero-order valence-corrected chi connectivity index (χ0v) is 17.9. The van der Waals surface area contributed by atoms with Crippen LogP contribution in [0.15, 0.2) is 24.3 Å². The van der Waals surface area contributed by atoms with Crippen molar-refractivity contribution in [3.63, 3.8) is 0 Å². The number of halogens is 2. The van der Waals surface area contributed by atoms with E-state index in [-0.39, 0.29) is 5.75 Å². The molecule has 2 aliphatic rings. The highest BCUT2D eigenvalue weighted by Gasteiger charge is 2.35. The van der Waals surface area contributed by atoms with Crippen molar-refractivity contribution in [1.29, 1.82) is 0 Å². The highest BCUT2D eigenvalue weighted by molar-refractivity contribution is 5.85. The van der Waals surface area contributed by atoms with Gasteiger partial charge in [0.05, 0.1) is 7.11 Å². The molecule has 0 amide bonds. The Kier molecular flexibility index (Phi) is 6.41. The Morgan fingerprint density at radius 2 is 1.72 bits per heavy atom. The van der Waals surface area contributed by atoms with Crippen LogP contribution in [0.25, 0.3) is 10.8 Å². The van der Waals surface area contributed by atoms with Crippen LogP contribution in [0.5, 0.6) is 5.75 Å². The Bertz CT molecular complexity index is 846. The minimum Gasteiger partial charge on any atom is -0.494 e. The van der Waals surface area contributed by atoms with Crippen molar-refractivity contribution in [3.8, 4) is 5.75 Å². The molecule has 0 N–H and O–H groups in total. The molecule has 4 rings (SSSR count). The van der Waals surface area contributed by atoms with Crippen molar-refractivity contribution in [2.45, 2.75) is 77.0 Å². The summed E-state index contributed by atoms with van der Waals surface area (Å²) in [5, 5.41) is 1.08. The van der Waals surface area contributed by atoms with Gasteiger partial charge in [-0.2, -0.15) is 4.39 Å². The van der Waals surface area contributed by atoms with E-state index in [0.717, 1.165) is 17.8 Å². The van der Waals surface area contributed by atoms with E-state index >= 15 is 0 Å². The van der Waals surface area contributed by atoms with Crippen LogP contribution < -0.4 is 4.74 Å². The Labute approximate surface area is 173 Å². The molecule has 2 fully saturated rings. The van der Waals surface area contributed by atoms with Crippen LogP contribution in [-0.2, 0) is 0 Å². The minimum absolute atomic E-state index is 0.0287. The van der Waals surface area contributed by atoms with E-state index < -0.39 is 11.6 Å². The van der Waals surface area contributed by atoms with E-state index in [0.29, 0.717) is 16.7 Å². The number of rotatable bonds is 6. The summed E-state index contributed by atoms with van der Waals surface area (Å²) in [7, 11) is 1.37. The van der Waals surface area contributed by atoms with Gasteiger partial charge in [0.1, 0.15) is 0 Å². The average Bonchev–Trinajstić information content (AvgIpc) is 2.75. The van der Waals surface area contributed by atoms with Crippen molar-refractivity contribution in [2.24, 2.45) is 17.8 Å². The molecule has 1 nitrogen and oxygen atoms in total. The third-order valence-corrected chi connectivity index (χ3v) is 7.64. The number of ether oxygens (including phenoxy) is 1. The first-order chi connectivity index (χ1) is 14.1. The van der Waals surface area contributed by atoms with Crippen molar-refractivity contribution >= 4 is 10.8 Å². The zero-order chi connectivity index (χ0) is 20.4. The summed E-state index contributed by atoms with van der Waals surface area (Å²) in [5.74, 6) is 1.40. The van der Waals surface area contributed by atoms with E-state index in [9.17, 15) is 8.78 Å². The molecule has 0 spiro atoms. The Balaban J connectivity index is 1.46. The van der Waals surface area contributed by atoms with E-state index in [1.807, 2.05) is 12.1 Å². The molecule has 29 heavy (non-hydrogen) atoms. The molecule has 0 saturated heterocycles. The van der Waals surface area contributed by atoms with Crippen LogP contribution in [0.2, 0.25) is 0 Å². The number of hydrogen-bond donors (Lipinski definition) is 0. The molecule has 2 aliphatic carbocycles. The number of methoxy groups -OCH3 is 1. The topological polar surface area (TPSA) is 9.23 Å². The van der Waals surface area contributed by atoms with Crippen molar-refractivity contribution < 1.29 is 13.5 Å². The third-order valence-electron chi connectivity index (χ3n) is 7.64. The Morgan fingerprint density at radius 1 is 0.931 bits per heavy atom. The summed E-state index contributed by atoms with van der Waals surface area (Å²) in [5.41, 5.74) is 1.17. The largest absolute Gasteiger partial charge is 0.494 e. The maximum Gasteiger partial charge on any atom is 0.201 e. The van der Waals surface area contributed by atoms with Crippen LogP contribution >= 0.6 is 0 Å². The predicted molar refractivity (Wildman–Crippen MR) is 115 cm³/mol. The van der Waals surface area contributed by atoms with Gasteiger partial charge < -0.3 is 4.74 Å². The van der Waals surface area contributed by atoms with Gasteiger partial charge in [0.15, 0.2) is 11.6 Å². The number of benzene rings is 2. The summed E-state index contributed by atoms with van der Waals surface area (Å²) >= 11 is 0. The maximum atomic E-state index is 14.6. The number of hydrogen-bond acceptors (Lipinski definition) is 1. The average molecular weight is 401 g/mol. The molecular weight excluding hydrogens is 366 g/mol. The molecule has 2 aromatic carbocycles. The van der Waals surface area contributed by atoms with E-state index in [2.05, 4.69) is 13.0 Å². The smallest absolute Gasteiger partial charge is 0.201 e. The van der Waals surface area contributed by atoms with Gasteiger partial charge >= 0.3 is 0 Å². The van der Waals surface area contributed by atoms with Crippen molar-refractivity contribution in [3.05, 3.63) is 41.5 Å². The Morgan fingerprint density at radius 3 is 2.52 bits per heavy atom. The maximum absolute atomic E-state index is 14.6. The second-order valence-electron chi connectivity index (χ2n) is 9.39. The normalized spacial score (nSPS) is 27.0. The molecule has 2 saturated carbocycles. The SMILES string of the molecule is CCCCCC1CCC2C[C@H](c3ccc4cc(OC)c(F)c(F)c4c3)CC[C@@H]2C1. The molecule has 0 bridgehead atoms. The van der Waals surface area contributed by atoms with Crippen LogP contribution in [0.3, 0.4) is 0 Å². The first-order valence-electron chi connectivity index (χ1n) is 11.6. The molecule has 0 heterocycles. The van der Waals surface area contributed by atoms with Gasteiger partial charge in [-0.25, -0.2) is 4.39 Å². The standard InChI is InChI=1S/C26H34F2O/c1-3-4-5-6-17-7-8-19-14-20(10-9-18(19)13-17)21-11-12-22-16-24(29-2)26(28)25(27)23(22)15-21/h11-12,15-20H,3-10,13-14H2,1-2H3/t17?,18-,19?,20-/m1/s1. The lowest BCUT2D eigenvalue weighted by molar-refractivity contribution is 0.113. The van der Waals surface area contributed by atoms with Crippen molar-refractivity contribution in [2.75, 3.05) is 7.11 Å². The van der Waals surface area contributed by atoms with Crippen molar-refractivity contribution in [1.82, 2.24) is 0 Å². The first kappa shape index (κ1) is 20.6. The molecule has 0 radical (unpaired) electrons. The molecule has 2 aromatic rings. The fourth-order valence-electron chi connectivity index (χ4n) is 5.96. The molecule has 4 atom stereocenters. The molecular formula is C26H34F2O. The fraction of sp³-hybridized carbons (Fsp3) is 0.615. The molecule has 0 aliphatic heterocycles. The quantitative estimate of drug-likeness (QED) is 0.446. The summed E-state index contributed by atoms with van der Waals surface area (Å²) in [6.45, 7) is 2.28. The zero-order valence-electron chi connectivity index (χ0n) is 17.9. The van der Waals surface area contributed by atoms with Gasteiger partial charge in [-0.3, -0.25) is 0 Å². The summed E-state index contributed by atoms with van der Waals surface area (Å²) in [6.07, 6.45) is 13.3. The van der Waals surface area contributed by atoms with Crippen LogP contribution in [0, 0.1) is 29.4 Å². The van der Waals surface area contributed by atoms with Crippen LogP contribution in [-0.4, -0.2) is 7.11 Å². The summed E-state index contributed by atoms with van der Waals surface area (Å²) in [4.78, 5) is 0. The van der Waals surface area contributed by atoms with E-state index in [1.165, 1.54) is 76.9 Å². The minimum atomic E-state index is -0.887. The molecule has 0 aromatic heterocycles. The molecule has 3 heteroatoms. The van der Waals surface area contributed by atoms with Gasteiger partial charge in [0, 0.05) is 5.39 Å². The van der Waals surface area contributed by atoms with E-state index in [1.54, 1.807) is 6.07 Å². The highest BCUT2D eigenvalue weighted by atomic mass is 19.2. The second-order valence-corrected chi connectivity index (χ2v) is 9.39. The monoisotopic (exact) mass is 400 g/mol. The highest BCUT2D eigenvalue weighted by Crippen LogP contribution is 2.48. The van der Waals surface area contributed by atoms with Crippen LogP contribution in [0.4, 0.5) is 8.78 Å². The van der Waals surface area contributed by atoms with E-state index in [4.69, 9.17) is 4.74 Å². The lowest BCUT2D eigenvalue weighted by atomic mass is 9.63. The van der Waals surface area contributed by atoms with Gasteiger partial charge in [-0.15, -0.1) is 0 Å². The molecule has 158 valence electrons. The number of unbranched alkanes of at least 4 members (excludes halogenated alkanes) is 2. The summed E-state index contributed by atoms with van der Waals surface area (Å²) < 4.78 is 33.7. The fourth-order valence-corrected chi connectivity index (χ4v) is 5.96. The lowest BCUT2D eigenvalue weighted by Gasteiger charge is -2.42. The van der Waals surface area contributed by atoms with Gasteiger partial charge in [-0.05, 0) is 78.9 Å².